The topological polar surface area (TPSA) is 91.3 Å². The Labute approximate surface area is 122 Å². The van der Waals surface area contributed by atoms with E-state index in [0.29, 0.717) is 5.69 Å². The Morgan fingerprint density at radius 1 is 1.45 bits per heavy atom. The third kappa shape index (κ3) is 2.51. The van der Waals surface area contributed by atoms with Crippen LogP contribution in [0.3, 0.4) is 0 Å². The monoisotopic (exact) mass is 300 g/mol. The molecule has 110 valence electrons. The molecule has 0 radical (unpaired) electrons. The summed E-state index contributed by atoms with van der Waals surface area (Å²) >= 11 is 0. The molecule has 1 amide bonds. The summed E-state index contributed by atoms with van der Waals surface area (Å²) in [6.45, 7) is 3.44. The van der Waals surface area contributed by atoms with Crippen molar-refractivity contribution >= 4 is 24.0 Å². The van der Waals surface area contributed by atoms with Gasteiger partial charge in [-0.1, -0.05) is 0 Å². The third-order valence-electron chi connectivity index (χ3n) is 4.17. The maximum absolute atomic E-state index is 12.3. The summed E-state index contributed by atoms with van der Waals surface area (Å²) in [7, 11) is 0. The largest absolute Gasteiger partial charge is 0.351 e. The molecule has 0 aromatic carbocycles. The number of aromatic nitrogens is 1. The highest BCUT2D eigenvalue weighted by Gasteiger charge is 2.42. The molecule has 0 aliphatic carbocycles. The molecule has 8 heteroatoms. The number of nitrogens with zero attached hydrogens (tertiary/aromatic N) is 2. The Balaban J connectivity index is 0.00000147. The molecule has 1 aromatic rings. The Bertz CT molecular complexity index is 525. The van der Waals surface area contributed by atoms with Crippen molar-refractivity contribution in [3.8, 4) is 0 Å². The van der Waals surface area contributed by atoms with Crippen molar-refractivity contribution in [2.24, 2.45) is 5.41 Å². The maximum atomic E-state index is 12.3. The average molecular weight is 301 g/mol. The molecule has 2 fully saturated rings. The van der Waals surface area contributed by atoms with Gasteiger partial charge in [0.1, 0.15) is 5.69 Å². The highest BCUT2D eigenvalue weighted by atomic mass is 35.5. The van der Waals surface area contributed by atoms with Crippen LogP contribution in [0.1, 0.15) is 23.3 Å². The summed E-state index contributed by atoms with van der Waals surface area (Å²) in [5.41, 5.74) is 0.447. The van der Waals surface area contributed by atoms with Gasteiger partial charge in [0.2, 0.25) is 0 Å². The van der Waals surface area contributed by atoms with Crippen molar-refractivity contribution in [1.82, 2.24) is 15.2 Å². The number of aromatic amines is 1. The van der Waals surface area contributed by atoms with Gasteiger partial charge in [-0.05, 0) is 19.4 Å². The number of H-pyrrole nitrogens is 1. The van der Waals surface area contributed by atoms with Gasteiger partial charge in [-0.3, -0.25) is 14.9 Å². The number of likely N-dealkylation sites (tertiary alicyclic amines) is 1. The molecule has 1 atom stereocenters. The van der Waals surface area contributed by atoms with Crippen LogP contribution < -0.4 is 5.32 Å². The zero-order chi connectivity index (χ0) is 13.5. The number of nitro groups is 1. The second kappa shape index (κ2) is 5.41. The second-order valence-electron chi connectivity index (χ2n) is 5.43. The summed E-state index contributed by atoms with van der Waals surface area (Å²) in [6, 6.07) is 1.31. The van der Waals surface area contributed by atoms with Crippen LogP contribution in [0.2, 0.25) is 0 Å². The number of amides is 1. The second-order valence-corrected chi connectivity index (χ2v) is 5.43. The van der Waals surface area contributed by atoms with Gasteiger partial charge in [0.05, 0.1) is 11.1 Å². The standard InChI is InChI=1S/C12H16N4O3.ClH/c17-11(10-5-9(6-14-10)16(18)19)15-4-2-12(8-15)1-3-13-7-12;/h5-6,13-14H,1-4,7-8H2;1H. The molecular weight excluding hydrogens is 284 g/mol. The molecule has 3 rings (SSSR count). The highest BCUT2D eigenvalue weighted by molar-refractivity contribution is 5.93. The predicted octanol–water partition coefficient (Wildman–Crippen LogP) is 1.17. The molecule has 1 unspecified atom stereocenters. The van der Waals surface area contributed by atoms with E-state index in [0.717, 1.165) is 39.0 Å². The fourth-order valence-electron chi connectivity index (χ4n) is 3.03. The zero-order valence-corrected chi connectivity index (χ0v) is 11.7. The van der Waals surface area contributed by atoms with E-state index in [1.54, 1.807) is 4.90 Å². The van der Waals surface area contributed by atoms with Gasteiger partial charge in [0, 0.05) is 31.1 Å². The van der Waals surface area contributed by atoms with Crippen LogP contribution in [0.5, 0.6) is 0 Å². The molecular formula is C12H17ClN4O3. The number of carbonyl (C=O) groups is 1. The lowest BCUT2D eigenvalue weighted by Crippen LogP contribution is -2.33. The third-order valence-corrected chi connectivity index (χ3v) is 4.17. The number of rotatable bonds is 2. The first-order valence-corrected chi connectivity index (χ1v) is 6.42. The van der Waals surface area contributed by atoms with Crippen LogP contribution >= 0.6 is 12.4 Å². The summed E-state index contributed by atoms with van der Waals surface area (Å²) in [6.07, 6.45) is 3.37. The quantitative estimate of drug-likeness (QED) is 0.633. The van der Waals surface area contributed by atoms with E-state index in [2.05, 4.69) is 10.3 Å². The smallest absolute Gasteiger partial charge is 0.287 e. The van der Waals surface area contributed by atoms with Crippen molar-refractivity contribution in [2.45, 2.75) is 12.8 Å². The van der Waals surface area contributed by atoms with Gasteiger partial charge < -0.3 is 15.2 Å². The molecule has 2 aliphatic rings. The predicted molar refractivity (Wildman–Crippen MR) is 75.1 cm³/mol. The SMILES string of the molecule is Cl.O=C(c1cc([N+](=O)[O-])c[nH]1)N1CCC2(CCNC2)C1. The van der Waals surface area contributed by atoms with Crippen LogP contribution in [0.15, 0.2) is 12.3 Å². The van der Waals surface area contributed by atoms with Gasteiger partial charge in [-0.2, -0.15) is 0 Å². The van der Waals surface area contributed by atoms with E-state index < -0.39 is 4.92 Å². The van der Waals surface area contributed by atoms with Gasteiger partial charge >= 0.3 is 0 Å². The van der Waals surface area contributed by atoms with Crippen molar-refractivity contribution in [3.05, 3.63) is 28.1 Å². The molecule has 2 N–H and O–H groups in total. The lowest BCUT2D eigenvalue weighted by molar-refractivity contribution is -0.384. The Kier molecular flexibility index (Phi) is 4.01. The Morgan fingerprint density at radius 2 is 2.25 bits per heavy atom. The fourth-order valence-corrected chi connectivity index (χ4v) is 3.03. The average Bonchev–Trinajstić information content (AvgIpc) is 3.11. The first-order valence-electron chi connectivity index (χ1n) is 6.42. The molecule has 1 aromatic heterocycles. The van der Waals surface area contributed by atoms with Gasteiger partial charge in [-0.15, -0.1) is 12.4 Å². The number of nitrogens with one attached hydrogen (secondary N) is 2. The zero-order valence-electron chi connectivity index (χ0n) is 10.9. The molecule has 2 saturated heterocycles. The van der Waals surface area contributed by atoms with Crippen molar-refractivity contribution in [2.75, 3.05) is 26.2 Å². The minimum atomic E-state index is -0.500. The summed E-state index contributed by atoms with van der Waals surface area (Å²) in [5.74, 6) is -0.142. The van der Waals surface area contributed by atoms with Gasteiger partial charge in [0.25, 0.3) is 11.6 Å². The lowest BCUT2D eigenvalue weighted by atomic mass is 9.87. The molecule has 0 bridgehead atoms. The molecule has 3 heterocycles. The Hall–Kier alpha value is -1.60. The van der Waals surface area contributed by atoms with Crippen LogP contribution in [-0.2, 0) is 0 Å². The number of hydrogen-bond acceptors (Lipinski definition) is 4. The molecule has 1 spiro atoms. The molecule has 2 aliphatic heterocycles. The van der Waals surface area contributed by atoms with E-state index in [9.17, 15) is 14.9 Å². The first kappa shape index (κ1) is 14.8. The maximum Gasteiger partial charge on any atom is 0.287 e. The van der Waals surface area contributed by atoms with E-state index in [1.165, 1.54) is 12.3 Å². The minimum Gasteiger partial charge on any atom is -0.351 e. The molecule has 20 heavy (non-hydrogen) atoms. The van der Waals surface area contributed by atoms with E-state index in [-0.39, 0.29) is 29.4 Å². The normalized spacial score (nSPS) is 24.9. The summed E-state index contributed by atoms with van der Waals surface area (Å²) in [4.78, 5) is 26.9. The summed E-state index contributed by atoms with van der Waals surface area (Å²) in [5, 5.41) is 14.0. The van der Waals surface area contributed by atoms with Crippen LogP contribution in [0.25, 0.3) is 0 Å². The van der Waals surface area contributed by atoms with Crippen molar-refractivity contribution in [1.29, 1.82) is 0 Å². The van der Waals surface area contributed by atoms with Crippen LogP contribution in [-0.4, -0.2) is 46.9 Å². The van der Waals surface area contributed by atoms with E-state index in [1.807, 2.05) is 0 Å². The van der Waals surface area contributed by atoms with E-state index >= 15 is 0 Å². The highest BCUT2D eigenvalue weighted by Crippen LogP contribution is 2.36. The van der Waals surface area contributed by atoms with E-state index in [4.69, 9.17) is 0 Å². The van der Waals surface area contributed by atoms with Gasteiger partial charge in [0.15, 0.2) is 0 Å². The van der Waals surface area contributed by atoms with Gasteiger partial charge in [-0.25, -0.2) is 0 Å². The lowest BCUT2D eigenvalue weighted by Gasteiger charge is -2.22. The Morgan fingerprint density at radius 3 is 2.85 bits per heavy atom. The number of halogens is 1. The summed E-state index contributed by atoms with van der Waals surface area (Å²) < 4.78 is 0. The van der Waals surface area contributed by atoms with Crippen LogP contribution in [0.4, 0.5) is 5.69 Å². The first-order chi connectivity index (χ1) is 9.10. The molecule has 0 saturated carbocycles. The number of hydrogen-bond donors (Lipinski definition) is 2. The fraction of sp³-hybridized carbons (Fsp3) is 0.583. The van der Waals surface area contributed by atoms with Crippen molar-refractivity contribution in [3.63, 3.8) is 0 Å². The van der Waals surface area contributed by atoms with Crippen LogP contribution in [0, 0.1) is 15.5 Å². The van der Waals surface area contributed by atoms with Crippen molar-refractivity contribution < 1.29 is 9.72 Å². The number of carbonyl (C=O) groups excluding carboxylic acids is 1. The molecule has 7 nitrogen and oxygen atoms in total. The minimum absolute atomic E-state index is 0.